The number of aryl methyl sites for hydroxylation is 1. The van der Waals surface area contributed by atoms with E-state index < -0.39 is 36.7 Å². The predicted octanol–water partition coefficient (Wildman–Crippen LogP) is 2.77. The first-order chi connectivity index (χ1) is 15.1. The lowest BCUT2D eigenvalue weighted by molar-refractivity contribution is -0.147. The van der Waals surface area contributed by atoms with Crippen LogP contribution < -0.4 is 5.32 Å². The molecule has 2 atom stereocenters. The predicted molar refractivity (Wildman–Crippen MR) is 120 cm³/mol. The summed E-state index contributed by atoms with van der Waals surface area (Å²) in [4.78, 5) is 36.5. The van der Waals surface area contributed by atoms with E-state index in [9.17, 15) is 24.6 Å². The fraction of sp³-hybridized carbons (Fsp3) is 0.375. The molecule has 4 N–H and O–H groups in total. The van der Waals surface area contributed by atoms with E-state index in [0.29, 0.717) is 0 Å². The van der Waals surface area contributed by atoms with Gasteiger partial charge in [0.15, 0.2) is 6.10 Å². The first kappa shape index (κ1) is 24.9. The second-order valence-electron chi connectivity index (χ2n) is 8.26. The summed E-state index contributed by atoms with van der Waals surface area (Å²) in [5, 5.41) is 30.6. The second kappa shape index (κ2) is 11.3. The largest absolute Gasteiger partial charge is 0.480 e. The van der Waals surface area contributed by atoms with Crippen LogP contribution in [0.2, 0.25) is 0 Å². The van der Waals surface area contributed by atoms with Gasteiger partial charge in [0.2, 0.25) is 0 Å². The average molecular weight is 443 g/mol. The third-order valence-electron chi connectivity index (χ3n) is 4.93. The maximum atomic E-state index is 12.7. The van der Waals surface area contributed by atoms with Gasteiger partial charge in [-0.3, -0.25) is 0 Å². The fourth-order valence-corrected chi connectivity index (χ4v) is 3.22. The van der Waals surface area contributed by atoms with Crippen LogP contribution in [-0.2, 0) is 16.0 Å². The number of amides is 2. The monoisotopic (exact) mass is 442 g/mol. The number of carbonyl (C=O) groups is 3. The molecular weight excluding hydrogens is 412 g/mol. The van der Waals surface area contributed by atoms with Gasteiger partial charge in [-0.15, -0.1) is 0 Å². The highest BCUT2D eigenvalue weighted by atomic mass is 16.4. The Morgan fingerprint density at radius 2 is 1.41 bits per heavy atom. The molecule has 0 spiro atoms. The highest BCUT2D eigenvalue weighted by Gasteiger charge is 2.27. The lowest BCUT2D eigenvalue weighted by Crippen LogP contribution is -2.52. The number of nitrogens with one attached hydrogen (secondary N) is 1. The Morgan fingerprint density at radius 3 is 1.88 bits per heavy atom. The van der Waals surface area contributed by atoms with Crippen molar-refractivity contribution in [1.82, 2.24) is 10.2 Å². The van der Waals surface area contributed by atoms with E-state index in [1.54, 1.807) is 0 Å². The number of aliphatic hydroxyl groups is 1. The molecule has 0 bridgehead atoms. The molecule has 0 aliphatic heterocycles. The van der Waals surface area contributed by atoms with Crippen LogP contribution in [0.15, 0.2) is 48.5 Å². The van der Waals surface area contributed by atoms with Gasteiger partial charge in [0.05, 0.1) is 6.54 Å². The van der Waals surface area contributed by atoms with Crippen molar-refractivity contribution >= 4 is 18.0 Å². The highest BCUT2D eigenvalue weighted by molar-refractivity contribution is 5.83. The molecule has 8 nitrogen and oxygen atoms in total. The maximum Gasteiger partial charge on any atom is 0.334 e. The van der Waals surface area contributed by atoms with Crippen LogP contribution >= 0.6 is 0 Å². The number of urea groups is 1. The number of carboxylic acids is 2. The molecule has 2 amide bonds. The summed E-state index contributed by atoms with van der Waals surface area (Å²) in [6.07, 6.45) is -1.69. The van der Waals surface area contributed by atoms with Crippen molar-refractivity contribution in [3.05, 3.63) is 59.7 Å². The van der Waals surface area contributed by atoms with Gasteiger partial charge < -0.3 is 25.5 Å². The summed E-state index contributed by atoms with van der Waals surface area (Å²) < 4.78 is 0. The minimum absolute atomic E-state index is 0.000610. The van der Waals surface area contributed by atoms with Gasteiger partial charge in [0.1, 0.15) is 6.04 Å². The number of carbonyl (C=O) groups excluding carboxylic acids is 1. The average Bonchev–Trinajstić information content (AvgIpc) is 2.73. The SMILES string of the molecule is Cc1ccc(-c2ccc(C[C@H](NC(=O)N(CC(C)C)CC(O)C(=O)O)C(=O)O)cc2)cc1. The summed E-state index contributed by atoms with van der Waals surface area (Å²) in [5.74, 6) is -2.65. The molecule has 0 aliphatic rings. The van der Waals surface area contributed by atoms with Crippen molar-refractivity contribution in [3.8, 4) is 11.1 Å². The molecule has 2 aromatic carbocycles. The summed E-state index contributed by atoms with van der Waals surface area (Å²) in [6, 6.07) is 13.6. The maximum absolute atomic E-state index is 12.7. The van der Waals surface area contributed by atoms with Gasteiger partial charge >= 0.3 is 18.0 Å². The van der Waals surface area contributed by atoms with Crippen molar-refractivity contribution in [2.45, 2.75) is 39.3 Å². The second-order valence-corrected chi connectivity index (χ2v) is 8.26. The van der Waals surface area contributed by atoms with Gasteiger partial charge in [0, 0.05) is 13.0 Å². The Labute approximate surface area is 187 Å². The Kier molecular flexibility index (Phi) is 8.78. The third-order valence-corrected chi connectivity index (χ3v) is 4.93. The fourth-order valence-electron chi connectivity index (χ4n) is 3.22. The summed E-state index contributed by atoms with van der Waals surface area (Å²) in [7, 11) is 0. The number of hydrogen-bond donors (Lipinski definition) is 4. The van der Waals surface area contributed by atoms with Crippen molar-refractivity contribution < 1.29 is 29.7 Å². The summed E-state index contributed by atoms with van der Waals surface area (Å²) in [5.41, 5.74) is 3.93. The molecule has 0 aliphatic carbocycles. The normalized spacial score (nSPS) is 12.8. The Hall–Kier alpha value is -3.39. The molecule has 1 unspecified atom stereocenters. The van der Waals surface area contributed by atoms with Crippen molar-refractivity contribution in [3.63, 3.8) is 0 Å². The van der Waals surface area contributed by atoms with E-state index in [-0.39, 0.29) is 18.9 Å². The van der Waals surface area contributed by atoms with E-state index in [0.717, 1.165) is 27.2 Å². The highest BCUT2D eigenvalue weighted by Crippen LogP contribution is 2.21. The zero-order valence-corrected chi connectivity index (χ0v) is 18.5. The van der Waals surface area contributed by atoms with Crippen LogP contribution in [-0.4, -0.2) is 63.4 Å². The first-order valence-corrected chi connectivity index (χ1v) is 10.4. The zero-order valence-electron chi connectivity index (χ0n) is 18.5. The Morgan fingerprint density at radius 1 is 0.875 bits per heavy atom. The number of aliphatic carboxylic acids is 2. The van der Waals surface area contributed by atoms with E-state index in [1.165, 1.54) is 0 Å². The van der Waals surface area contributed by atoms with E-state index >= 15 is 0 Å². The van der Waals surface area contributed by atoms with E-state index in [4.69, 9.17) is 5.11 Å². The van der Waals surface area contributed by atoms with Gasteiger partial charge in [-0.1, -0.05) is 67.9 Å². The van der Waals surface area contributed by atoms with Crippen LogP contribution in [0, 0.1) is 12.8 Å². The molecule has 0 aromatic heterocycles. The molecule has 0 fully saturated rings. The van der Waals surface area contributed by atoms with Crippen LogP contribution in [0.25, 0.3) is 11.1 Å². The molecule has 0 saturated heterocycles. The molecule has 2 aromatic rings. The van der Waals surface area contributed by atoms with Crippen molar-refractivity contribution in [1.29, 1.82) is 0 Å². The number of carboxylic acid groups (broad SMARTS) is 2. The number of hydrogen-bond acceptors (Lipinski definition) is 4. The smallest absolute Gasteiger partial charge is 0.334 e. The van der Waals surface area contributed by atoms with Gasteiger partial charge in [0.25, 0.3) is 0 Å². The van der Waals surface area contributed by atoms with E-state index in [1.807, 2.05) is 69.3 Å². The van der Waals surface area contributed by atoms with Crippen molar-refractivity contribution in [2.75, 3.05) is 13.1 Å². The standard InChI is InChI=1S/C24H30N2O6/c1-15(2)13-26(14-21(27)23(30)31)24(32)25-20(22(28)29)12-17-6-10-19(11-7-17)18-8-4-16(3)5-9-18/h4-11,15,20-21,27H,12-14H2,1-3H3,(H,25,32)(H,28,29)(H,30,31)/t20-,21?/m0/s1. The van der Waals surface area contributed by atoms with Gasteiger partial charge in [-0.05, 0) is 29.5 Å². The number of nitrogens with zero attached hydrogens (tertiary/aromatic N) is 1. The van der Waals surface area contributed by atoms with Crippen LogP contribution in [0.1, 0.15) is 25.0 Å². The summed E-state index contributed by atoms with van der Waals surface area (Å²) in [6.45, 7) is 5.41. The molecule has 32 heavy (non-hydrogen) atoms. The summed E-state index contributed by atoms with van der Waals surface area (Å²) >= 11 is 0. The van der Waals surface area contributed by atoms with Gasteiger partial charge in [-0.25, -0.2) is 14.4 Å². The molecule has 172 valence electrons. The quantitative estimate of drug-likeness (QED) is 0.448. The van der Waals surface area contributed by atoms with E-state index in [2.05, 4.69) is 5.32 Å². The molecular formula is C24H30N2O6. The number of rotatable bonds is 10. The Bertz CT molecular complexity index is 925. The number of aliphatic hydroxyl groups excluding tert-OH is 1. The van der Waals surface area contributed by atoms with Crippen LogP contribution in [0.3, 0.4) is 0 Å². The third kappa shape index (κ3) is 7.39. The van der Waals surface area contributed by atoms with Crippen molar-refractivity contribution in [2.24, 2.45) is 5.92 Å². The minimum atomic E-state index is -1.75. The Balaban J connectivity index is 2.10. The zero-order chi connectivity index (χ0) is 23.8. The molecule has 0 heterocycles. The van der Waals surface area contributed by atoms with Gasteiger partial charge in [-0.2, -0.15) is 0 Å². The molecule has 0 saturated carbocycles. The lowest BCUT2D eigenvalue weighted by Gasteiger charge is -2.27. The number of benzene rings is 2. The topological polar surface area (TPSA) is 127 Å². The lowest BCUT2D eigenvalue weighted by atomic mass is 10.00. The molecule has 2 rings (SSSR count). The van der Waals surface area contributed by atoms with Crippen LogP contribution in [0.4, 0.5) is 4.79 Å². The minimum Gasteiger partial charge on any atom is -0.480 e. The molecule has 0 radical (unpaired) electrons. The molecule has 8 heteroatoms. The van der Waals surface area contributed by atoms with Crippen LogP contribution in [0.5, 0.6) is 0 Å². The first-order valence-electron chi connectivity index (χ1n) is 10.4.